The molecule has 0 saturated carbocycles. The summed E-state index contributed by atoms with van der Waals surface area (Å²) in [5, 5.41) is 3.21. The summed E-state index contributed by atoms with van der Waals surface area (Å²) in [4.78, 5) is 3.44. The standard InChI is InChI=1S/C16H17F3N2O/c1-11-3-5-13(9-14(11)22-2)20-8-7-12-4-6-15(21-10-12)16(17,18)19/h3-6,9-10,20H,7-8H2,1-2H3. The van der Waals surface area contributed by atoms with E-state index in [-0.39, 0.29) is 0 Å². The number of pyridine rings is 1. The van der Waals surface area contributed by atoms with Crippen LogP contribution >= 0.6 is 0 Å². The van der Waals surface area contributed by atoms with Gasteiger partial charge in [0.05, 0.1) is 7.11 Å². The van der Waals surface area contributed by atoms with Gasteiger partial charge in [0.15, 0.2) is 0 Å². The Morgan fingerprint density at radius 1 is 1.18 bits per heavy atom. The van der Waals surface area contributed by atoms with Crippen molar-refractivity contribution in [3.05, 3.63) is 53.3 Å². The Morgan fingerprint density at radius 2 is 1.95 bits per heavy atom. The van der Waals surface area contributed by atoms with Gasteiger partial charge in [0, 0.05) is 24.5 Å². The second kappa shape index (κ2) is 6.68. The van der Waals surface area contributed by atoms with Crippen molar-refractivity contribution in [1.29, 1.82) is 0 Å². The lowest BCUT2D eigenvalue weighted by atomic mass is 10.1. The first kappa shape index (κ1) is 16.1. The first-order valence-corrected chi connectivity index (χ1v) is 6.81. The van der Waals surface area contributed by atoms with Crippen molar-refractivity contribution >= 4 is 5.69 Å². The minimum absolute atomic E-state index is 0.585. The molecule has 1 aromatic heterocycles. The molecule has 22 heavy (non-hydrogen) atoms. The topological polar surface area (TPSA) is 34.1 Å². The maximum absolute atomic E-state index is 12.4. The van der Waals surface area contributed by atoms with Crippen molar-refractivity contribution in [3.8, 4) is 5.75 Å². The SMILES string of the molecule is COc1cc(NCCc2ccc(C(F)(F)F)nc2)ccc1C. The summed E-state index contributed by atoms with van der Waals surface area (Å²) in [6.45, 7) is 2.55. The van der Waals surface area contributed by atoms with Crippen molar-refractivity contribution in [3.63, 3.8) is 0 Å². The van der Waals surface area contributed by atoms with Crippen LogP contribution in [0.1, 0.15) is 16.8 Å². The van der Waals surface area contributed by atoms with Gasteiger partial charge in [-0.25, -0.2) is 0 Å². The molecule has 0 aliphatic heterocycles. The molecule has 0 amide bonds. The van der Waals surface area contributed by atoms with Crippen LogP contribution in [-0.4, -0.2) is 18.6 Å². The van der Waals surface area contributed by atoms with Gasteiger partial charge in [0.2, 0.25) is 0 Å². The van der Waals surface area contributed by atoms with Gasteiger partial charge >= 0.3 is 6.18 Å². The Labute approximate surface area is 127 Å². The number of hydrogen-bond donors (Lipinski definition) is 1. The summed E-state index contributed by atoms with van der Waals surface area (Å²) in [5.41, 5.74) is 1.83. The zero-order valence-electron chi connectivity index (χ0n) is 12.4. The number of alkyl halides is 3. The van der Waals surface area contributed by atoms with E-state index in [1.807, 2.05) is 25.1 Å². The molecule has 0 spiro atoms. The number of hydrogen-bond acceptors (Lipinski definition) is 3. The molecule has 2 aromatic rings. The molecule has 0 aliphatic rings. The van der Waals surface area contributed by atoms with Gasteiger partial charge in [0.1, 0.15) is 11.4 Å². The van der Waals surface area contributed by atoms with E-state index in [1.54, 1.807) is 7.11 Å². The maximum Gasteiger partial charge on any atom is 0.433 e. The smallest absolute Gasteiger partial charge is 0.433 e. The zero-order chi connectivity index (χ0) is 16.2. The van der Waals surface area contributed by atoms with Crippen LogP contribution in [0.3, 0.4) is 0 Å². The molecule has 0 bridgehead atoms. The number of nitrogens with zero attached hydrogens (tertiary/aromatic N) is 1. The van der Waals surface area contributed by atoms with E-state index in [1.165, 1.54) is 12.3 Å². The molecule has 1 N–H and O–H groups in total. The number of aromatic nitrogens is 1. The van der Waals surface area contributed by atoms with E-state index in [0.29, 0.717) is 13.0 Å². The minimum atomic E-state index is -4.39. The van der Waals surface area contributed by atoms with Crippen molar-refractivity contribution in [2.75, 3.05) is 19.0 Å². The van der Waals surface area contributed by atoms with E-state index in [4.69, 9.17) is 4.74 Å². The first-order chi connectivity index (χ1) is 10.4. The molecule has 0 saturated heterocycles. The van der Waals surface area contributed by atoms with Crippen LogP contribution < -0.4 is 10.1 Å². The van der Waals surface area contributed by atoms with Crippen molar-refractivity contribution in [2.45, 2.75) is 19.5 Å². The summed E-state index contributed by atoms with van der Waals surface area (Å²) in [6.07, 6.45) is -2.54. The molecule has 0 radical (unpaired) electrons. The van der Waals surface area contributed by atoms with Crippen LogP contribution in [0.15, 0.2) is 36.5 Å². The van der Waals surface area contributed by atoms with Gasteiger partial charge in [0.25, 0.3) is 0 Å². The van der Waals surface area contributed by atoms with Crippen molar-refractivity contribution in [1.82, 2.24) is 4.98 Å². The Kier molecular flexibility index (Phi) is 4.90. The van der Waals surface area contributed by atoms with Gasteiger partial charge in [-0.2, -0.15) is 13.2 Å². The van der Waals surface area contributed by atoms with Crippen molar-refractivity contribution in [2.24, 2.45) is 0 Å². The fourth-order valence-corrected chi connectivity index (χ4v) is 2.02. The molecule has 0 unspecified atom stereocenters. The molecule has 2 rings (SSSR count). The summed E-state index contributed by atoms with van der Waals surface area (Å²) in [7, 11) is 1.61. The average molecular weight is 310 g/mol. The Bertz CT molecular complexity index is 624. The highest BCUT2D eigenvalue weighted by atomic mass is 19.4. The highest BCUT2D eigenvalue weighted by Crippen LogP contribution is 2.27. The molecular weight excluding hydrogens is 293 g/mol. The summed E-state index contributed by atoms with van der Waals surface area (Å²) in [5.74, 6) is 0.793. The molecule has 1 aromatic carbocycles. The lowest BCUT2D eigenvalue weighted by Gasteiger charge is -2.10. The second-order valence-corrected chi connectivity index (χ2v) is 4.91. The number of ether oxygens (including phenoxy) is 1. The van der Waals surface area contributed by atoms with Crippen LogP contribution in [0.25, 0.3) is 0 Å². The number of benzene rings is 1. The summed E-state index contributed by atoms with van der Waals surface area (Å²) < 4.78 is 42.5. The van der Waals surface area contributed by atoms with Gasteiger partial charge in [-0.1, -0.05) is 12.1 Å². The summed E-state index contributed by atoms with van der Waals surface area (Å²) >= 11 is 0. The third-order valence-electron chi connectivity index (χ3n) is 3.27. The normalized spacial score (nSPS) is 11.3. The maximum atomic E-state index is 12.4. The molecular formula is C16H17F3N2O. The lowest BCUT2D eigenvalue weighted by Crippen LogP contribution is -2.09. The fraction of sp³-hybridized carbons (Fsp3) is 0.312. The monoisotopic (exact) mass is 310 g/mol. The predicted molar refractivity (Wildman–Crippen MR) is 79.2 cm³/mol. The number of anilines is 1. The zero-order valence-corrected chi connectivity index (χ0v) is 12.4. The van der Waals surface area contributed by atoms with Gasteiger partial charge in [-0.3, -0.25) is 4.98 Å². The highest BCUT2D eigenvalue weighted by molar-refractivity contribution is 5.51. The lowest BCUT2D eigenvalue weighted by molar-refractivity contribution is -0.141. The molecule has 3 nitrogen and oxygen atoms in total. The minimum Gasteiger partial charge on any atom is -0.496 e. The van der Waals surface area contributed by atoms with Crippen molar-refractivity contribution < 1.29 is 17.9 Å². The summed E-state index contributed by atoms with van der Waals surface area (Å²) in [6, 6.07) is 8.22. The van der Waals surface area contributed by atoms with E-state index >= 15 is 0 Å². The largest absolute Gasteiger partial charge is 0.496 e. The van der Waals surface area contributed by atoms with Crippen LogP contribution in [0.4, 0.5) is 18.9 Å². The molecule has 0 aliphatic carbocycles. The Hall–Kier alpha value is -2.24. The second-order valence-electron chi connectivity index (χ2n) is 4.91. The molecule has 0 fully saturated rings. The van der Waals surface area contributed by atoms with E-state index < -0.39 is 11.9 Å². The predicted octanol–water partition coefficient (Wildman–Crippen LogP) is 4.07. The van der Waals surface area contributed by atoms with E-state index in [0.717, 1.165) is 28.6 Å². The molecule has 118 valence electrons. The van der Waals surface area contributed by atoms with Crippen LogP contribution in [0.5, 0.6) is 5.75 Å². The van der Waals surface area contributed by atoms with Gasteiger partial charge < -0.3 is 10.1 Å². The van der Waals surface area contributed by atoms with Crippen LogP contribution in [0.2, 0.25) is 0 Å². The fourth-order valence-electron chi connectivity index (χ4n) is 2.02. The van der Waals surface area contributed by atoms with E-state index in [2.05, 4.69) is 10.3 Å². The number of aryl methyl sites for hydroxylation is 1. The quantitative estimate of drug-likeness (QED) is 0.904. The third-order valence-corrected chi connectivity index (χ3v) is 3.27. The highest BCUT2D eigenvalue weighted by Gasteiger charge is 2.31. The molecule has 6 heteroatoms. The van der Waals surface area contributed by atoms with Crippen LogP contribution in [-0.2, 0) is 12.6 Å². The van der Waals surface area contributed by atoms with Crippen LogP contribution in [0, 0.1) is 6.92 Å². The molecule has 1 heterocycles. The van der Waals surface area contributed by atoms with Gasteiger partial charge in [-0.05, 0) is 36.6 Å². The number of methoxy groups -OCH3 is 1. The Balaban J connectivity index is 1.91. The molecule has 0 atom stereocenters. The van der Waals surface area contributed by atoms with E-state index in [9.17, 15) is 13.2 Å². The number of halogens is 3. The Morgan fingerprint density at radius 3 is 2.55 bits per heavy atom. The number of nitrogens with one attached hydrogen (secondary N) is 1. The number of rotatable bonds is 5. The first-order valence-electron chi connectivity index (χ1n) is 6.81. The van der Waals surface area contributed by atoms with Gasteiger partial charge in [-0.15, -0.1) is 0 Å². The third kappa shape index (κ3) is 4.13. The average Bonchev–Trinajstić information content (AvgIpc) is 2.48.